The maximum Gasteiger partial charge on any atom is 0.306 e. The summed E-state index contributed by atoms with van der Waals surface area (Å²) in [5.41, 5.74) is 0. The number of hydrogen-bond acceptors (Lipinski definition) is 8. The monoisotopic (exact) mass is 910 g/mol. The minimum atomic E-state index is -4.65. The van der Waals surface area contributed by atoms with Crippen LogP contribution in [0.4, 0.5) is 0 Å². The Morgan fingerprint density at radius 2 is 0.844 bits per heavy atom. The molecule has 0 saturated carbocycles. The fourth-order valence-corrected chi connectivity index (χ4v) is 6.49. The summed E-state index contributed by atoms with van der Waals surface area (Å²) in [7, 11) is 1.11. The number of ether oxygens (including phenoxy) is 2. The van der Waals surface area contributed by atoms with Crippen LogP contribution < -0.4 is 4.89 Å². The average Bonchev–Trinajstić information content (AvgIpc) is 3.25. The van der Waals surface area contributed by atoms with Crippen LogP contribution in [0.1, 0.15) is 155 Å². The molecule has 362 valence electrons. The number of allylic oxidation sites excluding steroid dienone is 20. The molecule has 0 aromatic carbocycles. The Morgan fingerprint density at radius 3 is 1.27 bits per heavy atom. The first kappa shape index (κ1) is 60.4. The fourth-order valence-electron chi connectivity index (χ4n) is 5.76. The number of rotatable bonds is 42. The van der Waals surface area contributed by atoms with Gasteiger partial charge in [-0.1, -0.05) is 161 Å². The van der Waals surface area contributed by atoms with Crippen molar-refractivity contribution in [3.8, 4) is 0 Å². The van der Waals surface area contributed by atoms with E-state index in [1.54, 1.807) is 0 Å². The fraction of sp³-hybridized carbons (Fsp3) is 0.593. The normalized spacial score (nSPS) is 14.5. The Kier molecular flexibility index (Phi) is 42.1. The van der Waals surface area contributed by atoms with Gasteiger partial charge in [-0.25, -0.2) is 0 Å². The smallest absolute Gasteiger partial charge is 0.306 e. The van der Waals surface area contributed by atoms with Gasteiger partial charge in [-0.3, -0.25) is 14.2 Å². The zero-order valence-corrected chi connectivity index (χ0v) is 41.6. The number of hydrogen-bond donors (Lipinski definition) is 0. The zero-order valence-electron chi connectivity index (χ0n) is 40.7. The second-order valence-electron chi connectivity index (χ2n) is 16.7. The van der Waals surface area contributed by atoms with Crippen LogP contribution in [0.2, 0.25) is 0 Å². The Bertz CT molecular complexity index is 1490. The number of phosphoric acid groups is 1. The van der Waals surface area contributed by atoms with Gasteiger partial charge in [-0.15, -0.1) is 0 Å². The molecule has 0 fully saturated rings. The van der Waals surface area contributed by atoms with Gasteiger partial charge in [-0.2, -0.15) is 0 Å². The van der Waals surface area contributed by atoms with Crippen LogP contribution in [-0.2, 0) is 32.7 Å². The maximum absolute atomic E-state index is 12.7. The average molecular weight is 910 g/mol. The minimum absolute atomic E-state index is 0.0475. The van der Waals surface area contributed by atoms with Crippen LogP contribution in [0.3, 0.4) is 0 Å². The lowest BCUT2D eigenvalue weighted by molar-refractivity contribution is -0.870. The van der Waals surface area contributed by atoms with Gasteiger partial charge in [0.2, 0.25) is 0 Å². The Labute approximate surface area is 390 Å². The first-order chi connectivity index (χ1) is 31.0. The highest BCUT2D eigenvalue weighted by atomic mass is 31.2. The lowest BCUT2D eigenvalue weighted by Gasteiger charge is -2.28. The van der Waals surface area contributed by atoms with Crippen molar-refractivity contribution in [3.05, 3.63) is 122 Å². The highest BCUT2D eigenvalue weighted by molar-refractivity contribution is 7.45. The topological polar surface area (TPSA) is 111 Å². The number of carbonyl (C=O) groups excluding carboxylic acids is 2. The highest BCUT2D eigenvalue weighted by Crippen LogP contribution is 2.38. The van der Waals surface area contributed by atoms with Crippen molar-refractivity contribution in [3.63, 3.8) is 0 Å². The molecule has 0 spiro atoms. The molecule has 10 heteroatoms. The van der Waals surface area contributed by atoms with E-state index >= 15 is 0 Å². The Balaban J connectivity index is 4.36. The van der Waals surface area contributed by atoms with E-state index in [1.165, 1.54) is 0 Å². The molecule has 0 aliphatic rings. The summed E-state index contributed by atoms with van der Waals surface area (Å²) < 4.78 is 33.9. The summed E-state index contributed by atoms with van der Waals surface area (Å²) in [4.78, 5) is 37.6. The lowest BCUT2D eigenvalue weighted by atomic mass is 10.1. The predicted octanol–water partition coefficient (Wildman–Crippen LogP) is 13.8. The van der Waals surface area contributed by atoms with Crippen molar-refractivity contribution in [1.29, 1.82) is 0 Å². The molecule has 2 unspecified atom stereocenters. The predicted molar refractivity (Wildman–Crippen MR) is 268 cm³/mol. The molecule has 0 rings (SSSR count). The summed E-state index contributed by atoms with van der Waals surface area (Å²) in [5.74, 6) is -0.905. The summed E-state index contributed by atoms with van der Waals surface area (Å²) in [6.45, 7) is 3.91. The number of nitrogens with zero attached hydrogens (tertiary/aromatic N) is 1. The number of quaternary nitrogens is 1. The standard InChI is InChI=1S/C54H88NO8P/c1-6-8-10-12-14-16-18-20-21-22-23-24-25-26-27-28-29-30-31-32-33-35-37-39-41-43-45-47-54(57)63-52(51-62-64(58,59)61-49-48-55(3,4)5)50-60-53(56)46-44-42-40-38-36-34-19-17-15-13-11-9-7-2/h8-11,14-17,20-21,23-24,26-27,29-30,32-34,36,52H,6-7,12-13,18-19,22,25,28,31,35,37-51H2,1-5H3/b10-8-,11-9-,16-14-,17-15-,21-20-,24-23-,27-26-,30-29-,33-32-,36-34-. The molecule has 9 nitrogen and oxygen atoms in total. The molecule has 0 saturated heterocycles. The van der Waals surface area contributed by atoms with Crippen LogP contribution in [0, 0.1) is 0 Å². The molecular formula is C54H88NO8P. The van der Waals surface area contributed by atoms with Gasteiger partial charge in [-0.05, 0) is 103 Å². The van der Waals surface area contributed by atoms with Gasteiger partial charge in [0.05, 0.1) is 27.7 Å². The number of phosphoric ester groups is 1. The second kappa shape index (κ2) is 44.6. The molecule has 0 amide bonds. The van der Waals surface area contributed by atoms with E-state index in [2.05, 4.69) is 135 Å². The summed E-state index contributed by atoms with van der Waals surface area (Å²) >= 11 is 0. The number of likely N-dealkylation sites (N-methyl/N-ethyl adjacent to an activating group) is 1. The van der Waals surface area contributed by atoms with Crippen molar-refractivity contribution in [2.75, 3.05) is 47.5 Å². The second-order valence-corrected chi connectivity index (χ2v) is 18.1. The third-order valence-corrected chi connectivity index (χ3v) is 10.4. The van der Waals surface area contributed by atoms with E-state index in [0.717, 1.165) is 116 Å². The largest absolute Gasteiger partial charge is 0.756 e. The molecule has 0 aromatic heterocycles. The van der Waals surface area contributed by atoms with Crippen molar-refractivity contribution < 1.29 is 42.1 Å². The quantitative estimate of drug-likeness (QED) is 0.0196. The van der Waals surface area contributed by atoms with Crippen LogP contribution in [-0.4, -0.2) is 70.0 Å². The van der Waals surface area contributed by atoms with E-state index in [1.807, 2.05) is 21.1 Å². The number of esters is 2. The van der Waals surface area contributed by atoms with E-state index < -0.39 is 32.5 Å². The van der Waals surface area contributed by atoms with Gasteiger partial charge >= 0.3 is 11.9 Å². The van der Waals surface area contributed by atoms with Gasteiger partial charge in [0.1, 0.15) is 19.8 Å². The third kappa shape index (κ3) is 47.9. The molecule has 0 aliphatic heterocycles. The van der Waals surface area contributed by atoms with Crippen molar-refractivity contribution in [2.24, 2.45) is 0 Å². The first-order valence-electron chi connectivity index (χ1n) is 24.2. The molecule has 0 aromatic rings. The first-order valence-corrected chi connectivity index (χ1v) is 25.7. The van der Waals surface area contributed by atoms with Crippen LogP contribution in [0.5, 0.6) is 0 Å². The van der Waals surface area contributed by atoms with Gasteiger partial charge < -0.3 is 27.9 Å². The van der Waals surface area contributed by atoms with Crippen molar-refractivity contribution in [2.45, 2.75) is 161 Å². The Morgan fingerprint density at radius 1 is 0.484 bits per heavy atom. The van der Waals surface area contributed by atoms with Crippen molar-refractivity contribution >= 4 is 19.8 Å². The molecule has 64 heavy (non-hydrogen) atoms. The molecule has 0 bridgehead atoms. The molecular weight excluding hydrogens is 822 g/mol. The molecule has 0 heterocycles. The van der Waals surface area contributed by atoms with E-state index in [4.69, 9.17) is 18.5 Å². The maximum atomic E-state index is 12.7. The van der Waals surface area contributed by atoms with Crippen LogP contribution in [0.25, 0.3) is 0 Å². The number of carbonyl (C=O) groups is 2. The summed E-state index contributed by atoms with van der Waals surface area (Å²) in [6.07, 6.45) is 62.4. The minimum Gasteiger partial charge on any atom is -0.756 e. The SMILES string of the molecule is CC/C=C\C/C=C\C/C=C\C/C=C\C/C=C\C/C=C\C/C=C\CCCCCCCC(=O)OC(COC(=O)CCCCC/C=C\C/C=C\C/C=C\CC)COP(=O)([O-])OCC[N+](C)(C)C. The summed E-state index contributed by atoms with van der Waals surface area (Å²) in [6, 6.07) is 0. The Hall–Kier alpha value is -3.59. The van der Waals surface area contributed by atoms with E-state index in [9.17, 15) is 19.0 Å². The van der Waals surface area contributed by atoms with Gasteiger partial charge in [0.25, 0.3) is 7.82 Å². The van der Waals surface area contributed by atoms with Crippen LogP contribution >= 0.6 is 7.82 Å². The molecule has 0 radical (unpaired) electrons. The molecule has 2 atom stereocenters. The zero-order chi connectivity index (χ0) is 47.1. The van der Waals surface area contributed by atoms with Gasteiger partial charge in [0.15, 0.2) is 6.10 Å². The van der Waals surface area contributed by atoms with E-state index in [0.29, 0.717) is 23.9 Å². The highest BCUT2D eigenvalue weighted by Gasteiger charge is 2.21. The third-order valence-electron chi connectivity index (χ3n) is 9.48. The molecule has 0 N–H and O–H groups in total. The van der Waals surface area contributed by atoms with Crippen molar-refractivity contribution in [1.82, 2.24) is 0 Å². The summed E-state index contributed by atoms with van der Waals surface area (Å²) in [5, 5.41) is 0. The lowest BCUT2D eigenvalue weighted by Crippen LogP contribution is -2.37. The van der Waals surface area contributed by atoms with Crippen LogP contribution in [0.15, 0.2) is 122 Å². The van der Waals surface area contributed by atoms with E-state index in [-0.39, 0.29) is 26.1 Å². The molecule has 0 aliphatic carbocycles. The van der Waals surface area contributed by atoms with Gasteiger partial charge in [0, 0.05) is 12.8 Å². The number of unbranched alkanes of at least 4 members (excludes halogenated alkanes) is 8.